The molecule has 0 aromatic carbocycles. The van der Waals surface area contributed by atoms with Crippen LogP contribution in [0.2, 0.25) is 0 Å². The molecule has 1 heteroatoms. The van der Waals surface area contributed by atoms with Gasteiger partial charge in [-0.2, -0.15) is 0 Å². The molecular weight excluding hydrogens is 196 g/mol. The van der Waals surface area contributed by atoms with Crippen LogP contribution in [0.25, 0.3) is 0 Å². The van der Waals surface area contributed by atoms with Crippen molar-refractivity contribution in [3.05, 3.63) is 34.9 Å². The summed E-state index contributed by atoms with van der Waals surface area (Å²) >= 11 is 0. The molecular formula is C15H18O. The summed E-state index contributed by atoms with van der Waals surface area (Å²) in [5.41, 5.74) is 4.17. The lowest BCUT2D eigenvalue weighted by Crippen LogP contribution is -2.31. The molecule has 0 N–H and O–H groups in total. The Morgan fingerprint density at radius 3 is 2.88 bits per heavy atom. The highest BCUT2D eigenvalue weighted by molar-refractivity contribution is 6.02. The average Bonchev–Trinajstić information content (AvgIpc) is 2.49. The second-order valence-electron chi connectivity index (χ2n) is 5.63. The van der Waals surface area contributed by atoms with E-state index < -0.39 is 0 Å². The van der Waals surface area contributed by atoms with E-state index >= 15 is 0 Å². The lowest BCUT2D eigenvalue weighted by Gasteiger charge is -2.37. The van der Waals surface area contributed by atoms with Gasteiger partial charge in [-0.05, 0) is 38.2 Å². The maximum Gasteiger partial charge on any atom is 0.163 e. The summed E-state index contributed by atoms with van der Waals surface area (Å²) < 4.78 is 0. The van der Waals surface area contributed by atoms with Gasteiger partial charge in [0.25, 0.3) is 0 Å². The molecule has 3 rings (SSSR count). The van der Waals surface area contributed by atoms with Crippen LogP contribution in [0.1, 0.15) is 39.5 Å². The molecule has 0 saturated carbocycles. The number of allylic oxidation sites excluding steroid dienone is 6. The molecule has 0 amide bonds. The second-order valence-corrected chi connectivity index (χ2v) is 5.63. The highest BCUT2D eigenvalue weighted by Gasteiger charge is 2.50. The zero-order valence-electron chi connectivity index (χ0n) is 10.0. The van der Waals surface area contributed by atoms with Crippen LogP contribution in [0.3, 0.4) is 0 Å². The van der Waals surface area contributed by atoms with Gasteiger partial charge < -0.3 is 0 Å². The van der Waals surface area contributed by atoms with Crippen molar-refractivity contribution in [1.29, 1.82) is 0 Å². The largest absolute Gasteiger partial charge is 0.294 e. The molecule has 0 unspecified atom stereocenters. The van der Waals surface area contributed by atoms with Gasteiger partial charge in [0.05, 0.1) is 0 Å². The lowest BCUT2D eigenvalue weighted by atomic mass is 9.66. The molecule has 0 fully saturated rings. The van der Waals surface area contributed by atoms with Crippen molar-refractivity contribution in [3.63, 3.8) is 0 Å². The standard InChI is InChI=1S/C15H18O/c1-10-7-8-13-14(16)11-5-3-4-6-12(11)15(13,2)9-10/h3-4,7,13H,5-6,8-9H2,1-2H3/t13-,15+/m0/s1. The minimum absolute atomic E-state index is 0.135. The Labute approximate surface area is 96.9 Å². The fraction of sp³-hybridized carbons (Fsp3) is 0.533. The number of Topliss-reactive ketones (excluding diaryl/α,β-unsaturated/α-hetero) is 1. The van der Waals surface area contributed by atoms with Crippen LogP contribution in [0.4, 0.5) is 0 Å². The molecule has 2 atom stereocenters. The summed E-state index contributed by atoms with van der Waals surface area (Å²) in [5, 5.41) is 0. The summed E-state index contributed by atoms with van der Waals surface area (Å²) in [4.78, 5) is 12.4. The zero-order chi connectivity index (χ0) is 11.3. The number of hydrogen-bond donors (Lipinski definition) is 0. The molecule has 0 aromatic heterocycles. The van der Waals surface area contributed by atoms with Crippen LogP contribution in [-0.4, -0.2) is 5.78 Å². The van der Waals surface area contributed by atoms with Gasteiger partial charge in [0, 0.05) is 11.3 Å². The first-order valence-electron chi connectivity index (χ1n) is 6.20. The topological polar surface area (TPSA) is 17.1 Å². The molecule has 0 spiro atoms. The van der Waals surface area contributed by atoms with Crippen LogP contribution >= 0.6 is 0 Å². The van der Waals surface area contributed by atoms with Crippen molar-refractivity contribution in [2.45, 2.75) is 39.5 Å². The Hall–Kier alpha value is -1.11. The van der Waals surface area contributed by atoms with Gasteiger partial charge in [0.2, 0.25) is 0 Å². The minimum Gasteiger partial charge on any atom is -0.294 e. The predicted octanol–water partition coefficient (Wildman–Crippen LogP) is 3.58. The molecule has 84 valence electrons. The van der Waals surface area contributed by atoms with E-state index in [2.05, 4.69) is 32.1 Å². The van der Waals surface area contributed by atoms with E-state index in [1.807, 2.05) is 0 Å². The van der Waals surface area contributed by atoms with Crippen molar-refractivity contribution in [2.24, 2.45) is 11.3 Å². The Balaban J connectivity index is 2.08. The van der Waals surface area contributed by atoms with E-state index in [9.17, 15) is 4.79 Å². The maximum absolute atomic E-state index is 12.4. The fourth-order valence-corrected chi connectivity index (χ4v) is 3.75. The molecule has 3 aliphatic carbocycles. The van der Waals surface area contributed by atoms with Crippen molar-refractivity contribution >= 4 is 5.78 Å². The van der Waals surface area contributed by atoms with Crippen molar-refractivity contribution < 1.29 is 4.79 Å². The van der Waals surface area contributed by atoms with Gasteiger partial charge in [-0.1, -0.05) is 36.3 Å². The Bertz CT molecular complexity index is 450. The molecule has 3 aliphatic rings. The normalized spacial score (nSPS) is 37.2. The van der Waals surface area contributed by atoms with Crippen LogP contribution in [0, 0.1) is 11.3 Å². The molecule has 0 heterocycles. The average molecular weight is 214 g/mol. The Morgan fingerprint density at radius 2 is 2.06 bits per heavy atom. The van der Waals surface area contributed by atoms with Gasteiger partial charge in [-0.25, -0.2) is 0 Å². The van der Waals surface area contributed by atoms with Crippen molar-refractivity contribution in [1.82, 2.24) is 0 Å². The number of carbonyl (C=O) groups excluding carboxylic acids is 1. The molecule has 0 aromatic rings. The van der Waals surface area contributed by atoms with E-state index in [0.29, 0.717) is 5.78 Å². The Kier molecular flexibility index (Phi) is 2.01. The molecule has 16 heavy (non-hydrogen) atoms. The highest BCUT2D eigenvalue weighted by atomic mass is 16.1. The van der Waals surface area contributed by atoms with Crippen LogP contribution in [-0.2, 0) is 4.79 Å². The smallest absolute Gasteiger partial charge is 0.163 e. The van der Waals surface area contributed by atoms with Gasteiger partial charge in [0.1, 0.15) is 0 Å². The van der Waals surface area contributed by atoms with E-state index in [1.165, 1.54) is 11.1 Å². The predicted molar refractivity (Wildman–Crippen MR) is 65.0 cm³/mol. The minimum atomic E-state index is 0.135. The number of carbonyl (C=O) groups is 1. The molecule has 0 radical (unpaired) electrons. The molecule has 0 saturated heterocycles. The molecule has 0 bridgehead atoms. The highest BCUT2D eigenvalue weighted by Crippen LogP contribution is 2.55. The SMILES string of the molecule is CC1=CC[C@H]2C(=O)C3=C(CC=CC3)[C@@]2(C)C1. The number of hydrogen-bond acceptors (Lipinski definition) is 1. The van der Waals surface area contributed by atoms with Gasteiger partial charge in [-0.15, -0.1) is 0 Å². The first kappa shape index (κ1) is 10.1. The lowest BCUT2D eigenvalue weighted by molar-refractivity contribution is -0.120. The van der Waals surface area contributed by atoms with E-state index in [1.54, 1.807) is 0 Å². The molecule has 0 aliphatic heterocycles. The number of fused-ring (bicyclic) bond motifs is 2. The number of rotatable bonds is 0. The summed E-state index contributed by atoms with van der Waals surface area (Å²) in [5.74, 6) is 0.673. The van der Waals surface area contributed by atoms with Gasteiger partial charge in [-0.3, -0.25) is 4.79 Å². The third kappa shape index (κ3) is 1.15. The van der Waals surface area contributed by atoms with Gasteiger partial charge in [0.15, 0.2) is 5.78 Å². The maximum atomic E-state index is 12.4. The first-order chi connectivity index (χ1) is 7.63. The van der Waals surface area contributed by atoms with Crippen LogP contribution < -0.4 is 0 Å². The van der Waals surface area contributed by atoms with Gasteiger partial charge >= 0.3 is 0 Å². The first-order valence-corrected chi connectivity index (χ1v) is 6.20. The third-order valence-electron chi connectivity index (χ3n) is 4.60. The zero-order valence-corrected chi connectivity index (χ0v) is 10.0. The number of ketones is 1. The third-order valence-corrected chi connectivity index (χ3v) is 4.60. The van der Waals surface area contributed by atoms with E-state index in [-0.39, 0.29) is 11.3 Å². The monoisotopic (exact) mass is 214 g/mol. The van der Waals surface area contributed by atoms with Crippen LogP contribution in [0.5, 0.6) is 0 Å². The second kappa shape index (κ2) is 3.19. The molecule has 1 nitrogen and oxygen atoms in total. The quantitative estimate of drug-likeness (QED) is 0.563. The van der Waals surface area contributed by atoms with E-state index in [4.69, 9.17) is 0 Å². The van der Waals surface area contributed by atoms with Crippen molar-refractivity contribution in [2.75, 3.05) is 0 Å². The van der Waals surface area contributed by atoms with E-state index in [0.717, 1.165) is 31.3 Å². The summed E-state index contributed by atoms with van der Waals surface area (Å²) in [7, 11) is 0. The summed E-state index contributed by atoms with van der Waals surface area (Å²) in [6.45, 7) is 4.50. The van der Waals surface area contributed by atoms with Crippen molar-refractivity contribution in [3.8, 4) is 0 Å². The Morgan fingerprint density at radius 1 is 1.31 bits per heavy atom. The van der Waals surface area contributed by atoms with Crippen LogP contribution in [0.15, 0.2) is 34.9 Å². The summed E-state index contributed by atoms with van der Waals surface area (Å²) in [6, 6.07) is 0. The fourth-order valence-electron chi connectivity index (χ4n) is 3.75. The summed E-state index contributed by atoms with van der Waals surface area (Å²) in [6.07, 6.45) is 10.5.